The molecule has 0 aromatic carbocycles. The Morgan fingerprint density at radius 2 is 1.90 bits per heavy atom. The van der Waals surface area contributed by atoms with Crippen LogP contribution in [-0.2, 0) is 0 Å². The Kier molecular flexibility index (Phi) is 7.37. The Bertz CT molecular complexity index is 683. The van der Waals surface area contributed by atoms with E-state index in [0.29, 0.717) is 29.6 Å². The predicted molar refractivity (Wildman–Crippen MR) is 124 cm³/mol. The minimum atomic E-state index is -1.02. The molecule has 0 saturated heterocycles. The van der Waals surface area contributed by atoms with Crippen LogP contribution in [0, 0.1) is 23.2 Å². The summed E-state index contributed by atoms with van der Waals surface area (Å²) in [6.45, 7) is 12.5. The molecule has 3 nitrogen and oxygen atoms in total. The summed E-state index contributed by atoms with van der Waals surface area (Å²) < 4.78 is 0. The Hall–Kier alpha value is -0.900. The van der Waals surface area contributed by atoms with Crippen LogP contribution in [0.15, 0.2) is 35.5 Å². The molecule has 0 aliphatic heterocycles. The lowest BCUT2D eigenvalue weighted by molar-refractivity contribution is -0.0554. The summed E-state index contributed by atoms with van der Waals surface area (Å²) in [7, 11) is 0. The van der Waals surface area contributed by atoms with Crippen molar-refractivity contribution in [2.75, 3.05) is 0 Å². The lowest BCUT2D eigenvalue weighted by atomic mass is 9.60. The second-order valence-electron chi connectivity index (χ2n) is 11.3. The molecule has 0 unspecified atom stereocenters. The van der Waals surface area contributed by atoms with Crippen LogP contribution >= 0.6 is 0 Å². The van der Waals surface area contributed by atoms with Gasteiger partial charge in [-0.1, -0.05) is 43.7 Å². The van der Waals surface area contributed by atoms with Crippen LogP contribution in [0.1, 0.15) is 91.9 Å². The predicted octanol–water partition coefficient (Wildman–Crippen LogP) is 5.70. The highest BCUT2D eigenvalue weighted by molar-refractivity contribution is 5.36. The fourth-order valence-corrected chi connectivity index (χ4v) is 6.58. The monoisotopic (exact) mass is 416 g/mol. The maximum Gasteiger partial charge on any atom is 0.0849 e. The van der Waals surface area contributed by atoms with Crippen molar-refractivity contribution in [1.82, 2.24) is 0 Å². The van der Waals surface area contributed by atoms with Crippen LogP contribution in [0.4, 0.5) is 0 Å². The van der Waals surface area contributed by atoms with E-state index < -0.39 is 11.7 Å². The maximum atomic E-state index is 10.3. The zero-order valence-corrected chi connectivity index (χ0v) is 19.7. The summed E-state index contributed by atoms with van der Waals surface area (Å²) in [5.74, 6) is 1.89. The Morgan fingerprint density at radius 3 is 2.60 bits per heavy atom. The van der Waals surface area contributed by atoms with E-state index >= 15 is 0 Å². The number of hydrogen-bond acceptors (Lipinski definition) is 3. The normalized spacial score (nSPS) is 37.4. The molecule has 0 radical (unpaired) electrons. The molecule has 0 heterocycles. The van der Waals surface area contributed by atoms with Gasteiger partial charge >= 0.3 is 0 Å². The maximum absolute atomic E-state index is 10.3. The van der Waals surface area contributed by atoms with E-state index in [-0.39, 0.29) is 6.10 Å². The van der Waals surface area contributed by atoms with Crippen molar-refractivity contribution in [2.24, 2.45) is 23.2 Å². The van der Waals surface area contributed by atoms with Crippen LogP contribution < -0.4 is 0 Å². The highest BCUT2D eigenvalue weighted by Gasteiger charge is 2.50. The zero-order valence-electron chi connectivity index (χ0n) is 19.7. The molecule has 3 N–H and O–H groups in total. The van der Waals surface area contributed by atoms with Crippen molar-refractivity contribution in [3.8, 4) is 0 Å². The summed E-state index contributed by atoms with van der Waals surface area (Å²) in [6.07, 6.45) is 14.1. The van der Waals surface area contributed by atoms with Gasteiger partial charge in [-0.15, -0.1) is 0 Å². The molecule has 0 amide bonds. The van der Waals surface area contributed by atoms with Crippen LogP contribution in [0.25, 0.3) is 0 Å². The summed E-state index contributed by atoms with van der Waals surface area (Å²) >= 11 is 0. The Morgan fingerprint density at radius 1 is 1.17 bits per heavy atom. The first kappa shape index (κ1) is 23.8. The van der Waals surface area contributed by atoms with Gasteiger partial charge < -0.3 is 15.3 Å². The first-order valence-corrected chi connectivity index (χ1v) is 12.2. The van der Waals surface area contributed by atoms with Crippen molar-refractivity contribution in [1.29, 1.82) is 0 Å². The number of aliphatic hydroxyl groups is 3. The van der Waals surface area contributed by atoms with E-state index in [1.807, 2.05) is 0 Å². The molecule has 0 spiro atoms. The van der Waals surface area contributed by atoms with E-state index in [1.54, 1.807) is 19.4 Å². The van der Waals surface area contributed by atoms with Crippen molar-refractivity contribution in [3.63, 3.8) is 0 Å². The van der Waals surface area contributed by atoms with Crippen molar-refractivity contribution >= 4 is 0 Å². The second-order valence-corrected chi connectivity index (χ2v) is 11.3. The van der Waals surface area contributed by atoms with Gasteiger partial charge in [0.2, 0.25) is 0 Å². The van der Waals surface area contributed by atoms with Crippen LogP contribution in [0.3, 0.4) is 0 Å². The molecule has 0 aromatic rings. The standard InChI is InChI=1S/C27H44O3/c1-18-8-12-22(28)17-21(18)11-10-20-7-6-16-27(5)23(13-14-24(20)27)19(2)9-15-25(29)26(3,4)30/h10-11,19,22-25,28-30H,1,6-9,12-17H2,2-5H3/b20-10+,21-11+/t19-,22+,23-,24+,25+,27-/m1/s1. The molecule has 170 valence electrons. The molecule has 0 aromatic heterocycles. The highest BCUT2D eigenvalue weighted by Crippen LogP contribution is 2.60. The van der Waals surface area contributed by atoms with Gasteiger partial charge in [0.05, 0.1) is 17.8 Å². The van der Waals surface area contributed by atoms with Crippen LogP contribution in [0.2, 0.25) is 0 Å². The van der Waals surface area contributed by atoms with Crippen molar-refractivity contribution in [2.45, 2.75) is 110 Å². The van der Waals surface area contributed by atoms with Gasteiger partial charge in [-0.05, 0) is 107 Å². The van der Waals surface area contributed by atoms with E-state index in [1.165, 1.54) is 43.3 Å². The third kappa shape index (κ3) is 5.11. The number of fused-ring (bicyclic) bond motifs is 1. The van der Waals surface area contributed by atoms with Crippen molar-refractivity contribution < 1.29 is 15.3 Å². The SMILES string of the molecule is C=C1CC[C@H](O)C/C1=C\C=C1/CCC[C@]2(C)[C@@H]([C@H](C)CC[C@H](O)C(C)(C)O)CC[C@@H]12. The number of rotatable bonds is 6. The molecule has 3 rings (SSSR count). The summed E-state index contributed by atoms with van der Waals surface area (Å²) in [5, 5.41) is 30.3. The molecule has 3 saturated carbocycles. The van der Waals surface area contributed by atoms with Gasteiger partial charge in [-0.25, -0.2) is 0 Å². The fraction of sp³-hybridized carbons (Fsp3) is 0.778. The van der Waals surface area contributed by atoms with Gasteiger partial charge in [0.25, 0.3) is 0 Å². The molecule has 6 atom stereocenters. The smallest absolute Gasteiger partial charge is 0.0849 e. The molecule has 3 aliphatic carbocycles. The number of aliphatic hydroxyl groups excluding tert-OH is 2. The summed E-state index contributed by atoms with van der Waals surface area (Å²) in [5.41, 5.74) is 3.34. The van der Waals surface area contributed by atoms with Crippen LogP contribution in [-0.4, -0.2) is 33.1 Å². The zero-order chi connectivity index (χ0) is 22.1. The molecule has 3 fully saturated rings. The average molecular weight is 417 g/mol. The lowest BCUT2D eigenvalue weighted by Gasteiger charge is -2.44. The molecular weight excluding hydrogens is 372 g/mol. The van der Waals surface area contributed by atoms with Crippen LogP contribution in [0.5, 0.6) is 0 Å². The largest absolute Gasteiger partial charge is 0.393 e. The molecule has 0 bridgehead atoms. The van der Waals surface area contributed by atoms with Gasteiger partial charge in [0, 0.05) is 0 Å². The summed E-state index contributed by atoms with van der Waals surface area (Å²) in [6, 6.07) is 0. The van der Waals surface area contributed by atoms with Gasteiger partial charge in [-0.2, -0.15) is 0 Å². The first-order chi connectivity index (χ1) is 14.0. The van der Waals surface area contributed by atoms with Gasteiger partial charge in [-0.3, -0.25) is 0 Å². The van der Waals surface area contributed by atoms with E-state index in [2.05, 4.69) is 32.6 Å². The third-order valence-corrected chi connectivity index (χ3v) is 8.62. The minimum absolute atomic E-state index is 0.215. The third-order valence-electron chi connectivity index (χ3n) is 8.62. The second kappa shape index (κ2) is 9.30. The average Bonchev–Trinajstić information content (AvgIpc) is 3.03. The molecule has 3 heteroatoms. The Balaban J connectivity index is 1.69. The van der Waals surface area contributed by atoms with Crippen molar-refractivity contribution in [3.05, 3.63) is 35.5 Å². The summed E-state index contributed by atoms with van der Waals surface area (Å²) in [4.78, 5) is 0. The van der Waals surface area contributed by atoms with E-state index in [0.717, 1.165) is 25.7 Å². The topological polar surface area (TPSA) is 60.7 Å². The Labute approximate surface area is 184 Å². The molecule has 30 heavy (non-hydrogen) atoms. The fourth-order valence-electron chi connectivity index (χ4n) is 6.58. The number of hydrogen-bond donors (Lipinski definition) is 3. The van der Waals surface area contributed by atoms with Gasteiger partial charge in [0.15, 0.2) is 0 Å². The quantitative estimate of drug-likeness (QED) is 0.520. The van der Waals surface area contributed by atoms with Gasteiger partial charge in [0.1, 0.15) is 0 Å². The highest BCUT2D eigenvalue weighted by atomic mass is 16.3. The number of allylic oxidation sites excluding steroid dienone is 4. The van der Waals surface area contributed by atoms with E-state index in [4.69, 9.17) is 0 Å². The lowest BCUT2D eigenvalue weighted by Crippen LogP contribution is -2.38. The first-order valence-electron chi connectivity index (χ1n) is 12.2. The molecule has 3 aliphatic rings. The molecular formula is C27H44O3. The minimum Gasteiger partial charge on any atom is -0.393 e. The van der Waals surface area contributed by atoms with E-state index in [9.17, 15) is 15.3 Å².